The number of hydrogen-bond acceptors (Lipinski definition) is 6. The van der Waals surface area contributed by atoms with Crippen LogP contribution in [-0.4, -0.2) is 33.1 Å². The lowest BCUT2D eigenvalue weighted by atomic mass is 10.1. The molecule has 0 aromatic heterocycles. The fraction of sp³-hybridized carbons (Fsp3) is 0.125. The number of rotatable bonds is 11. The first-order valence-corrected chi connectivity index (χ1v) is 13.5. The SMILES string of the molecule is COc1cc(/C=C(/NC(=O)c2ccccc2)C(=O)Nc2cccc(SCc3ccccc3)c2)cc(OC)c1OC. The van der Waals surface area contributed by atoms with E-state index in [1.165, 1.54) is 26.9 Å². The molecule has 0 fully saturated rings. The zero-order valence-electron chi connectivity index (χ0n) is 22.5. The second-order valence-corrected chi connectivity index (χ2v) is 9.64. The Kier molecular flexibility index (Phi) is 9.85. The first-order valence-electron chi connectivity index (χ1n) is 12.5. The minimum absolute atomic E-state index is 0.0467. The van der Waals surface area contributed by atoms with Gasteiger partial charge in [-0.2, -0.15) is 0 Å². The highest BCUT2D eigenvalue weighted by molar-refractivity contribution is 7.98. The number of thioether (sulfide) groups is 1. The van der Waals surface area contributed by atoms with Crippen LogP contribution in [-0.2, 0) is 10.5 Å². The summed E-state index contributed by atoms with van der Waals surface area (Å²) in [7, 11) is 4.54. The van der Waals surface area contributed by atoms with Crippen molar-refractivity contribution in [3.8, 4) is 17.2 Å². The Bertz CT molecular complexity index is 1460. The third-order valence-corrected chi connectivity index (χ3v) is 6.93. The third-order valence-electron chi connectivity index (χ3n) is 5.87. The van der Waals surface area contributed by atoms with E-state index in [1.807, 2.05) is 42.5 Å². The Labute approximate surface area is 238 Å². The maximum Gasteiger partial charge on any atom is 0.272 e. The van der Waals surface area contributed by atoms with Crippen LogP contribution in [0.5, 0.6) is 17.2 Å². The standard InChI is InChI=1S/C32H30N2O5S/c1-37-28-18-23(19-29(38-2)30(28)39-3)17-27(34-31(35)24-13-8-5-9-14-24)32(36)33-25-15-10-16-26(20-25)40-21-22-11-6-4-7-12-22/h4-20H,21H2,1-3H3,(H,33,36)(H,34,35)/b27-17+. The number of benzene rings is 4. The van der Waals surface area contributed by atoms with Gasteiger partial charge in [-0.1, -0.05) is 54.6 Å². The van der Waals surface area contributed by atoms with Gasteiger partial charge in [-0.25, -0.2) is 0 Å². The lowest BCUT2D eigenvalue weighted by Crippen LogP contribution is -2.30. The largest absolute Gasteiger partial charge is 0.493 e. The maximum atomic E-state index is 13.5. The lowest BCUT2D eigenvalue weighted by Gasteiger charge is -2.15. The van der Waals surface area contributed by atoms with E-state index in [0.717, 1.165) is 10.6 Å². The number of hydrogen-bond donors (Lipinski definition) is 2. The first-order chi connectivity index (χ1) is 19.5. The van der Waals surface area contributed by atoms with Crippen LogP contribution < -0.4 is 24.8 Å². The highest BCUT2D eigenvalue weighted by atomic mass is 32.2. The van der Waals surface area contributed by atoms with E-state index in [9.17, 15) is 9.59 Å². The summed E-state index contributed by atoms with van der Waals surface area (Å²) in [5.74, 6) is 1.17. The van der Waals surface area contributed by atoms with Gasteiger partial charge in [-0.05, 0) is 59.7 Å². The molecule has 0 heterocycles. The molecular weight excluding hydrogens is 524 g/mol. The fourth-order valence-corrected chi connectivity index (χ4v) is 4.81. The molecule has 4 aromatic carbocycles. The number of carbonyl (C=O) groups is 2. The maximum absolute atomic E-state index is 13.5. The molecule has 0 aliphatic carbocycles. The highest BCUT2D eigenvalue weighted by Gasteiger charge is 2.18. The molecule has 0 saturated heterocycles. The summed E-state index contributed by atoms with van der Waals surface area (Å²) < 4.78 is 16.3. The molecule has 40 heavy (non-hydrogen) atoms. The summed E-state index contributed by atoms with van der Waals surface area (Å²) in [6.07, 6.45) is 1.56. The molecule has 0 aliphatic rings. The predicted octanol–water partition coefficient (Wildman–Crippen LogP) is 6.41. The van der Waals surface area contributed by atoms with Crippen molar-refractivity contribution in [3.63, 3.8) is 0 Å². The molecule has 204 valence electrons. The average molecular weight is 555 g/mol. The van der Waals surface area contributed by atoms with Crippen molar-refractivity contribution in [2.45, 2.75) is 10.6 Å². The summed E-state index contributed by atoms with van der Waals surface area (Å²) in [6, 6.07) is 29.8. The van der Waals surface area contributed by atoms with Crippen molar-refractivity contribution in [1.82, 2.24) is 5.32 Å². The summed E-state index contributed by atoms with van der Waals surface area (Å²) >= 11 is 1.67. The van der Waals surface area contributed by atoms with Crippen LogP contribution in [0.25, 0.3) is 6.08 Å². The molecule has 0 atom stereocenters. The van der Waals surface area contributed by atoms with E-state index >= 15 is 0 Å². The van der Waals surface area contributed by atoms with E-state index in [-0.39, 0.29) is 5.70 Å². The Hall–Kier alpha value is -4.69. The lowest BCUT2D eigenvalue weighted by molar-refractivity contribution is -0.113. The van der Waals surface area contributed by atoms with Gasteiger partial charge in [0.25, 0.3) is 11.8 Å². The van der Waals surface area contributed by atoms with Gasteiger partial charge >= 0.3 is 0 Å². The molecule has 0 radical (unpaired) electrons. The van der Waals surface area contributed by atoms with E-state index in [0.29, 0.717) is 34.1 Å². The summed E-state index contributed by atoms with van der Waals surface area (Å²) in [5.41, 5.74) is 2.85. The van der Waals surface area contributed by atoms with Crippen LogP contribution >= 0.6 is 11.8 Å². The predicted molar refractivity (Wildman–Crippen MR) is 159 cm³/mol. The molecule has 8 heteroatoms. The average Bonchev–Trinajstić information content (AvgIpc) is 3.00. The van der Waals surface area contributed by atoms with Crippen molar-refractivity contribution in [2.24, 2.45) is 0 Å². The normalized spacial score (nSPS) is 10.9. The molecule has 0 bridgehead atoms. The van der Waals surface area contributed by atoms with Gasteiger partial charge in [0.1, 0.15) is 5.70 Å². The van der Waals surface area contributed by atoms with E-state index in [2.05, 4.69) is 22.8 Å². The third kappa shape index (κ3) is 7.45. The van der Waals surface area contributed by atoms with Gasteiger partial charge in [-0.15, -0.1) is 11.8 Å². The van der Waals surface area contributed by atoms with Crippen LogP contribution in [0.4, 0.5) is 5.69 Å². The number of ether oxygens (including phenoxy) is 3. The molecule has 2 N–H and O–H groups in total. The Morgan fingerprint density at radius 3 is 2.05 bits per heavy atom. The van der Waals surface area contributed by atoms with Crippen molar-refractivity contribution < 1.29 is 23.8 Å². The van der Waals surface area contributed by atoms with E-state index in [1.54, 1.807) is 60.3 Å². The van der Waals surface area contributed by atoms with Crippen molar-refractivity contribution in [1.29, 1.82) is 0 Å². The smallest absolute Gasteiger partial charge is 0.272 e. The molecule has 7 nitrogen and oxygen atoms in total. The van der Waals surface area contributed by atoms with Crippen LogP contribution in [0.2, 0.25) is 0 Å². The number of methoxy groups -OCH3 is 3. The van der Waals surface area contributed by atoms with Gasteiger partial charge < -0.3 is 24.8 Å². The number of amides is 2. The molecule has 0 spiro atoms. The molecule has 4 aromatic rings. The minimum Gasteiger partial charge on any atom is -0.493 e. The summed E-state index contributed by atoms with van der Waals surface area (Å²) in [5, 5.41) is 5.67. The van der Waals surface area contributed by atoms with E-state index in [4.69, 9.17) is 14.2 Å². The number of anilines is 1. The Morgan fingerprint density at radius 1 is 0.775 bits per heavy atom. The van der Waals surface area contributed by atoms with E-state index < -0.39 is 11.8 Å². The number of carbonyl (C=O) groups excluding carboxylic acids is 2. The molecule has 2 amide bonds. The van der Waals surface area contributed by atoms with Gasteiger partial charge in [0.2, 0.25) is 5.75 Å². The van der Waals surface area contributed by atoms with Crippen LogP contribution in [0.3, 0.4) is 0 Å². The second kappa shape index (κ2) is 13.9. The van der Waals surface area contributed by atoms with Gasteiger partial charge in [-0.3, -0.25) is 9.59 Å². The minimum atomic E-state index is -0.483. The Morgan fingerprint density at radius 2 is 1.43 bits per heavy atom. The summed E-state index contributed by atoms with van der Waals surface area (Å²) in [6.45, 7) is 0. The zero-order chi connectivity index (χ0) is 28.3. The van der Waals surface area contributed by atoms with Gasteiger partial charge in [0.05, 0.1) is 21.3 Å². The van der Waals surface area contributed by atoms with Gasteiger partial charge in [0, 0.05) is 21.9 Å². The molecular formula is C32H30N2O5S. The van der Waals surface area contributed by atoms with Crippen molar-refractivity contribution >= 4 is 35.3 Å². The number of nitrogens with one attached hydrogen (secondary N) is 2. The van der Waals surface area contributed by atoms with Crippen LogP contribution in [0, 0.1) is 0 Å². The first kappa shape index (κ1) is 28.3. The van der Waals surface area contributed by atoms with Gasteiger partial charge in [0.15, 0.2) is 11.5 Å². The molecule has 4 rings (SSSR count). The molecule has 0 unspecified atom stereocenters. The Balaban J connectivity index is 1.61. The van der Waals surface area contributed by atoms with Crippen molar-refractivity contribution in [3.05, 3.63) is 119 Å². The van der Waals surface area contributed by atoms with Crippen LogP contribution in [0.1, 0.15) is 21.5 Å². The monoisotopic (exact) mass is 554 g/mol. The topological polar surface area (TPSA) is 85.9 Å². The zero-order valence-corrected chi connectivity index (χ0v) is 23.3. The molecule has 0 aliphatic heterocycles. The van der Waals surface area contributed by atoms with Crippen molar-refractivity contribution in [2.75, 3.05) is 26.6 Å². The summed E-state index contributed by atoms with van der Waals surface area (Å²) in [4.78, 5) is 27.5. The highest BCUT2D eigenvalue weighted by Crippen LogP contribution is 2.38. The quantitative estimate of drug-likeness (QED) is 0.165. The molecule has 0 saturated carbocycles. The fourth-order valence-electron chi connectivity index (χ4n) is 3.90. The second-order valence-electron chi connectivity index (χ2n) is 8.59. The van der Waals surface area contributed by atoms with Crippen LogP contribution in [0.15, 0.2) is 108 Å².